The molecule has 24 heavy (non-hydrogen) atoms. The number of aryl methyl sites for hydroxylation is 1. The van der Waals surface area contributed by atoms with Crippen molar-refractivity contribution < 1.29 is 14.3 Å². The first-order valence-electron chi connectivity index (χ1n) is 7.18. The largest absolute Gasteiger partial charge is 0.465 e. The summed E-state index contributed by atoms with van der Waals surface area (Å²) >= 11 is 6.30. The summed E-state index contributed by atoms with van der Waals surface area (Å²) in [5.74, 6) is -1.27. The van der Waals surface area contributed by atoms with E-state index in [9.17, 15) is 9.59 Å². The summed E-state index contributed by atoms with van der Waals surface area (Å²) in [7, 11) is 1.24. The number of rotatable bonds is 2. The predicted molar refractivity (Wildman–Crippen MR) is 89.0 cm³/mol. The topological polar surface area (TPSA) is 94.4 Å². The SMILES string of the molecule is COC(=O)C1=C(N)Oc2cc(C)[nH]c(=O)c2[C@@H]1c1ccccc1Cl. The summed E-state index contributed by atoms with van der Waals surface area (Å²) < 4.78 is 10.3. The molecule has 0 amide bonds. The molecular weight excluding hydrogens is 332 g/mol. The summed E-state index contributed by atoms with van der Waals surface area (Å²) in [4.78, 5) is 27.5. The van der Waals surface area contributed by atoms with Gasteiger partial charge in [0.05, 0.1) is 18.6 Å². The van der Waals surface area contributed by atoms with E-state index in [-0.39, 0.29) is 22.6 Å². The number of fused-ring (bicyclic) bond motifs is 1. The molecule has 1 aromatic carbocycles. The van der Waals surface area contributed by atoms with Gasteiger partial charge in [-0.05, 0) is 18.6 Å². The molecule has 1 aromatic heterocycles. The van der Waals surface area contributed by atoms with Crippen molar-refractivity contribution in [1.82, 2.24) is 4.98 Å². The Labute approximate surface area is 142 Å². The van der Waals surface area contributed by atoms with Gasteiger partial charge in [0.1, 0.15) is 11.3 Å². The van der Waals surface area contributed by atoms with Gasteiger partial charge >= 0.3 is 5.97 Å². The highest BCUT2D eigenvalue weighted by molar-refractivity contribution is 6.31. The van der Waals surface area contributed by atoms with E-state index < -0.39 is 11.9 Å². The van der Waals surface area contributed by atoms with Gasteiger partial charge in [-0.1, -0.05) is 29.8 Å². The first-order valence-corrected chi connectivity index (χ1v) is 7.56. The minimum atomic E-state index is -0.778. The minimum Gasteiger partial charge on any atom is -0.465 e. The number of hydrogen-bond donors (Lipinski definition) is 2. The fourth-order valence-corrected chi connectivity index (χ4v) is 3.08. The van der Waals surface area contributed by atoms with Crippen molar-refractivity contribution in [2.75, 3.05) is 7.11 Å². The number of hydrogen-bond acceptors (Lipinski definition) is 5. The Morgan fingerprint density at radius 2 is 2.08 bits per heavy atom. The number of halogens is 1. The fraction of sp³-hybridized carbons (Fsp3) is 0.176. The molecule has 6 nitrogen and oxygen atoms in total. The second kappa shape index (κ2) is 6.05. The van der Waals surface area contributed by atoms with E-state index in [1.807, 2.05) is 0 Å². The molecule has 0 unspecified atom stereocenters. The van der Waals surface area contributed by atoms with Crippen molar-refractivity contribution in [1.29, 1.82) is 0 Å². The van der Waals surface area contributed by atoms with Crippen molar-refractivity contribution >= 4 is 17.6 Å². The van der Waals surface area contributed by atoms with Crippen LogP contribution in [0.1, 0.15) is 22.7 Å². The molecule has 0 saturated heterocycles. The zero-order valence-corrected chi connectivity index (χ0v) is 13.8. The standard InChI is InChI=1S/C17H15ClN2O4/c1-8-7-11-13(16(21)20-8)12(9-5-3-4-6-10(9)18)14(15(19)24-11)17(22)23-2/h3-7,12H,19H2,1-2H3,(H,20,21)/t12-/m0/s1. The van der Waals surface area contributed by atoms with Gasteiger partial charge in [-0.25, -0.2) is 4.79 Å². The zero-order valence-electron chi connectivity index (χ0n) is 13.1. The van der Waals surface area contributed by atoms with Gasteiger partial charge in [0.15, 0.2) is 0 Å². The maximum Gasteiger partial charge on any atom is 0.340 e. The van der Waals surface area contributed by atoms with Gasteiger partial charge in [-0.3, -0.25) is 4.79 Å². The van der Waals surface area contributed by atoms with Crippen molar-refractivity contribution in [3.05, 3.63) is 74.0 Å². The van der Waals surface area contributed by atoms with Crippen LogP contribution in [0.25, 0.3) is 0 Å². The quantitative estimate of drug-likeness (QED) is 0.813. The molecule has 1 aliphatic rings. The Morgan fingerprint density at radius 1 is 1.38 bits per heavy atom. The fourth-order valence-electron chi connectivity index (χ4n) is 2.84. The van der Waals surface area contributed by atoms with E-state index in [1.165, 1.54) is 7.11 Å². The number of aromatic nitrogens is 1. The van der Waals surface area contributed by atoms with Gasteiger partial charge < -0.3 is 20.2 Å². The monoisotopic (exact) mass is 346 g/mol. The number of nitrogens with one attached hydrogen (secondary N) is 1. The second-order valence-corrected chi connectivity index (χ2v) is 5.79. The van der Waals surface area contributed by atoms with Crippen LogP contribution in [-0.4, -0.2) is 18.1 Å². The van der Waals surface area contributed by atoms with Crippen molar-refractivity contribution in [2.45, 2.75) is 12.8 Å². The Kier molecular flexibility index (Phi) is 4.07. The Morgan fingerprint density at radius 3 is 2.75 bits per heavy atom. The van der Waals surface area contributed by atoms with Gasteiger partial charge in [-0.2, -0.15) is 0 Å². The molecule has 1 atom stereocenters. The first kappa shape index (κ1) is 16.1. The minimum absolute atomic E-state index is 0.0486. The lowest BCUT2D eigenvalue weighted by atomic mass is 9.83. The van der Waals surface area contributed by atoms with E-state index >= 15 is 0 Å². The molecule has 3 rings (SSSR count). The molecular formula is C17H15ClN2O4. The summed E-state index contributed by atoms with van der Waals surface area (Å²) in [6.07, 6.45) is 0. The maximum absolute atomic E-state index is 12.5. The molecule has 0 fully saturated rings. The molecule has 124 valence electrons. The van der Waals surface area contributed by atoms with Gasteiger partial charge in [-0.15, -0.1) is 0 Å². The summed E-state index contributed by atoms with van der Waals surface area (Å²) in [6.45, 7) is 1.73. The third kappa shape index (κ3) is 2.55. The highest BCUT2D eigenvalue weighted by atomic mass is 35.5. The number of pyridine rings is 1. The number of ether oxygens (including phenoxy) is 2. The van der Waals surface area contributed by atoms with Crippen molar-refractivity contribution in [2.24, 2.45) is 5.73 Å². The molecule has 0 aliphatic carbocycles. The van der Waals surface area contributed by atoms with Gasteiger partial charge in [0.25, 0.3) is 5.56 Å². The lowest BCUT2D eigenvalue weighted by Gasteiger charge is -2.28. The van der Waals surface area contributed by atoms with Crippen LogP contribution in [0.3, 0.4) is 0 Å². The molecule has 0 radical (unpaired) electrons. The lowest BCUT2D eigenvalue weighted by Crippen LogP contribution is -2.31. The molecule has 0 saturated carbocycles. The normalized spacial score (nSPS) is 16.4. The van der Waals surface area contributed by atoms with E-state index in [2.05, 4.69) is 4.98 Å². The van der Waals surface area contributed by atoms with Gasteiger partial charge in [0, 0.05) is 16.8 Å². The summed E-state index contributed by atoms with van der Waals surface area (Å²) in [6, 6.07) is 8.60. The van der Waals surface area contributed by atoms with Crippen LogP contribution in [0.5, 0.6) is 5.75 Å². The van der Waals surface area contributed by atoms with Crippen LogP contribution < -0.4 is 16.0 Å². The van der Waals surface area contributed by atoms with Crippen LogP contribution >= 0.6 is 11.6 Å². The zero-order chi connectivity index (χ0) is 17.4. The van der Waals surface area contributed by atoms with E-state index in [0.29, 0.717) is 22.0 Å². The number of carbonyl (C=O) groups is 1. The van der Waals surface area contributed by atoms with Crippen LogP contribution in [0.2, 0.25) is 5.02 Å². The average molecular weight is 347 g/mol. The Bertz CT molecular complexity index is 917. The molecule has 7 heteroatoms. The predicted octanol–water partition coefficient (Wildman–Crippen LogP) is 2.20. The summed E-state index contributed by atoms with van der Waals surface area (Å²) in [5.41, 5.74) is 7.08. The Hall–Kier alpha value is -2.73. The average Bonchev–Trinajstić information content (AvgIpc) is 2.53. The van der Waals surface area contributed by atoms with E-state index in [0.717, 1.165) is 0 Å². The maximum atomic E-state index is 12.5. The van der Waals surface area contributed by atoms with Crippen molar-refractivity contribution in [3.8, 4) is 5.75 Å². The smallest absolute Gasteiger partial charge is 0.340 e. The first-order chi connectivity index (χ1) is 11.4. The van der Waals surface area contributed by atoms with Gasteiger partial charge in [0.2, 0.25) is 5.88 Å². The van der Waals surface area contributed by atoms with Crippen LogP contribution in [0.4, 0.5) is 0 Å². The number of benzene rings is 1. The number of H-pyrrole nitrogens is 1. The number of carbonyl (C=O) groups excluding carboxylic acids is 1. The molecule has 0 spiro atoms. The van der Waals surface area contributed by atoms with Crippen molar-refractivity contribution in [3.63, 3.8) is 0 Å². The molecule has 2 aromatic rings. The number of esters is 1. The van der Waals surface area contributed by atoms with E-state index in [4.69, 9.17) is 26.8 Å². The molecule has 0 bridgehead atoms. The summed E-state index contributed by atoms with van der Waals surface area (Å²) in [5, 5.41) is 0.407. The number of aromatic amines is 1. The lowest BCUT2D eigenvalue weighted by molar-refractivity contribution is -0.136. The second-order valence-electron chi connectivity index (χ2n) is 5.39. The number of methoxy groups -OCH3 is 1. The third-order valence-corrected chi connectivity index (χ3v) is 4.20. The Balaban J connectivity index is 2.35. The van der Waals surface area contributed by atoms with Crippen LogP contribution in [0, 0.1) is 6.92 Å². The highest BCUT2D eigenvalue weighted by Crippen LogP contribution is 2.42. The molecule has 2 heterocycles. The molecule has 1 aliphatic heterocycles. The van der Waals surface area contributed by atoms with Crippen LogP contribution in [-0.2, 0) is 9.53 Å². The third-order valence-electron chi connectivity index (χ3n) is 3.85. The molecule has 3 N–H and O–H groups in total. The highest BCUT2D eigenvalue weighted by Gasteiger charge is 2.38. The van der Waals surface area contributed by atoms with Crippen LogP contribution in [0.15, 0.2) is 46.6 Å². The van der Waals surface area contributed by atoms with E-state index in [1.54, 1.807) is 37.3 Å². The number of nitrogens with two attached hydrogens (primary N) is 1.